The quantitative estimate of drug-likeness (QED) is 0.851. The summed E-state index contributed by atoms with van der Waals surface area (Å²) in [5, 5.41) is 18.6. The maximum Gasteiger partial charge on any atom is 0.323 e. The summed E-state index contributed by atoms with van der Waals surface area (Å²) in [7, 11) is 0. The molecule has 0 spiro atoms. The number of aromatic nitrogens is 2. The maximum absolute atomic E-state index is 10.9. The lowest BCUT2D eigenvalue weighted by Crippen LogP contribution is -2.12. The summed E-state index contributed by atoms with van der Waals surface area (Å²) in [6, 6.07) is 4.99. The number of phenolic OH excluding ortho intramolecular Hbond substituents is 1. The van der Waals surface area contributed by atoms with Gasteiger partial charge in [0.2, 0.25) is 0 Å². The van der Waals surface area contributed by atoms with E-state index in [1.165, 1.54) is 0 Å². The SMILES string of the molecule is CC(C)c1nc2c(O)cccc2n1CC(=O)O. The lowest BCUT2D eigenvalue weighted by Gasteiger charge is -2.08. The van der Waals surface area contributed by atoms with Crippen LogP contribution in [0.3, 0.4) is 0 Å². The Hall–Kier alpha value is -2.04. The van der Waals surface area contributed by atoms with Gasteiger partial charge in [-0.25, -0.2) is 4.98 Å². The minimum Gasteiger partial charge on any atom is -0.506 e. The Kier molecular flexibility index (Phi) is 2.75. The molecule has 0 saturated carbocycles. The zero-order valence-corrected chi connectivity index (χ0v) is 9.71. The van der Waals surface area contributed by atoms with E-state index in [1.807, 2.05) is 13.8 Å². The average molecular weight is 234 g/mol. The molecule has 1 aromatic carbocycles. The van der Waals surface area contributed by atoms with E-state index < -0.39 is 5.97 Å². The zero-order chi connectivity index (χ0) is 12.6. The van der Waals surface area contributed by atoms with E-state index in [2.05, 4.69) is 4.98 Å². The van der Waals surface area contributed by atoms with E-state index in [-0.39, 0.29) is 18.2 Å². The van der Waals surface area contributed by atoms with Crippen LogP contribution in [0.15, 0.2) is 18.2 Å². The summed E-state index contributed by atoms with van der Waals surface area (Å²) in [6.45, 7) is 3.74. The third-order valence-electron chi connectivity index (χ3n) is 2.60. The summed E-state index contributed by atoms with van der Waals surface area (Å²) < 4.78 is 1.63. The number of para-hydroxylation sites is 1. The number of nitrogens with zero attached hydrogens (tertiary/aromatic N) is 2. The highest BCUT2D eigenvalue weighted by atomic mass is 16.4. The topological polar surface area (TPSA) is 75.4 Å². The van der Waals surface area contributed by atoms with Crippen LogP contribution in [0.1, 0.15) is 25.6 Å². The van der Waals surface area contributed by atoms with E-state index in [4.69, 9.17) is 5.11 Å². The Balaban J connectivity index is 2.71. The van der Waals surface area contributed by atoms with Crippen LogP contribution >= 0.6 is 0 Å². The summed E-state index contributed by atoms with van der Waals surface area (Å²) in [5.74, 6) is -0.0758. The molecule has 0 unspecified atom stereocenters. The highest BCUT2D eigenvalue weighted by Crippen LogP contribution is 2.27. The number of carboxylic acids is 1. The number of aliphatic carboxylic acids is 1. The number of hydrogen-bond acceptors (Lipinski definition) is 3. The second kappa shape index (κ2) is 4.08. The van der Waals surface area contributed by atoms with Crippen LogP contribution in [0.5, 0.6) is 5.75 Å². The highest BCUT2D eigenvalue weighted by Gasteiger charge is 2.17. The fourth-order valence-corrected chi connectivity index (χ4v) is 1.89. The van der Waals surface area contributed by atoms with Gasteiger partial charge in [-0.2, -0.15) is 0 Å². The van der Waals surface area contributed by atoms with Crippen molar-refractivity contribution >= 4 is 17.0 Å². The van der Waals surface area contributed by atoms with Crippen molar-refractivity contribution in [1.82, 2.24) is 9.55 Å². The zero-order valence-electron chi connectivity index (χ0n) is 9.71. The average Bonchev–Trinajstić information content (AvgIpc) is 2.58. The minimum atomic E-state index is -0.922. The van der Waals surface area contributed by atoms with Gasteiger partial charge in [-0.1, -0.05) is 19.9 Å². The van der Waals surface area contributed by atoms with Crippen LogP contribution in [-0.4, -0.2) is 25.7 Å². The second-order valence-electron chi connectivity index (χ2n) is 4.25. The Morgan fingerprint density at radius 3 is 2.76 bits per heavy atom. The summed E-state index contributed by atoms with van der Waals surface area (Å²) in [5.41, 5.74) is 1.11. The van der Waals surface area contributed by atoms with Crippen molar-refractivity contribution in [1.29, 1.82) is 0 Å². The van der Waals surface area contributed by atoms with E-state index >= 15 is 0 Å². The fourth-order valence-electron chi connectivity index (χ4n) is 1.89. The van der Waals surface area contributed by atoms with Crippen molar-refractivity contribution in [3.63, 3.8) is 0 Å². The normalized spacial score (nSPS) is 11.2. The van der Waals surface area contributed by atoms with Crippen LogP contribution < -0.4 is 0 Å². The van der Waals surface area contributed by atoms with Crippen LogP contribution in [0.2, 0.25) is 0 Å². The van der Waals surface area contributed by atoms with Gasteiger partial charge < -0.3 is 14.8 Å². The number of aromatic hydroxyl groups is 1. The molecule has 0 aliphatic carbocycles. The number of rotatable bonds is 3. The smallest absolute Gasteiger partial charge is 0.323 e. The fraction of sp³-hybridized carbons (Fsp3) is 0.333. The first kappa shape index (κ1) is 11.4. The maximum atomic E-state index is 10.9. The standard InChI is InChI=1S/C12H14N2O3/c1-7(2)12-13-11-8(4-3-5-9(11)15)14(12)6-10(16)17/h3-5,7,15H,6H2,1-2H3,(H,16,17). The lowest BCUT2D eigenvalue weighted by molar-refractivity contribution is -0.137. The predicted molar refractivity (Wildman–Crippen MR) is 63.1 cm³/mol. The molecule has 0 atom stereocenters. The summed E-state index contributed by atoms with van der Waals surface area (Å²) >= 11 is 0. The summed E-state index contributed by atoms with van der Waals surface area (Å²) in [6.07, 6.45) is 0. The third-order valence-corrected chi connectivity index (χ3v) is 2.60. The van der Waals surface area contributed by atoms with Gasteiger partial charge in [0.1, 0.15) is 23.6 Å². The van der Waals surface area contributed by atoms with E-state index in [1.54, 1.807) is 22.8 Å². The molecule has 90 valence electrons. The first-order chi connectivity index (χ1) is 8.00. The molecule has 2 rings (SSSR count). The van der Waals surface area contributed by atoms with E-state index in [0.29, 0.717) is 16.9 Å². The number of carboxylic acid groups (broad SMARTS) is 1. The highest BCUT2D eigenvalue weighted by molar-refractivity contribution is 5.83. The number of fused-ring (bicyclic) bond motifs is 1. The Labute approximate surface area is 98.3 Å². The van der Waals surface area contributed by atoms with Gasteiger partial charge in [-0.3, -0.25) is 4.79 Å². The van der Waals surface area contributed by atoms with Crippen molar-refractivity contribution in [3.05, 3.63) is 24.0 Å². The molecule has 0 aliphatic rings. The Bertz CT molecular complexity index is 572. The molecule has 0 saturated heterocycles. The molecular weight excluding hydrogens is 220 g/mol. The minimum absolute atomic E-state index is 0.0774. The number of imidazole rings is 1. The van der Waals surface area contributed by atoms with Gasteiger partial charge in [0, 0.05) is 5.92 Å². The van der Waals surface area contributed by atoms with Gasteiger partial charge in [-0.05, 0) is 12.1 Å². The second-order valence-corrected chi connectivity index (χ2v) is 4.25. The van der Waals surface area contributed by atoms with Gasteiger partial charge in [0.25, 0.3) is 0 Å². The summed E-state index contributed by atoms with van der Waals surface area (Å²) in [4.78, 5) is 15.2. The van der Waals surface area contributed by atoms with Gasteiger partial charge in [0.05, 0.1) is 5.52 Å². The van der Waals surface area contributed by atoms with Crippen molar-refractivity contribution in [2.75, 3.05) is 0 Å². The Morgan fingerprint density at radius 1 is 1.47 bits per heavy atom. The first-order valence-electron chi connectivity index (χ1n) is 5.40. The molecule has 0 bridgehead atoms. The van der Waals surface area contributed by atoms with Crippen LogP contribution in [-0.2, 0) is 11.3 Å². The molecule has 0 fully saturated rings. The van der Waals surface area contributed by atoms with E-state index in [0.717, 1.165) is 0 Å². The van der Waals surface area contributed by atoms with E-state index in [9.17, 15) is 9.90 Å². The predicted octanol–water partition coefficient (Wildman–Crippen LogP) is 1.95. The molecule has 1 aromatic heterocycles. The van der Waals surface area contributed by atoms with Gasteiger partial charge in [0.15, 0.2) is 0 Å². The lowest BCUT2D eigenvalue weighted by atomic mass is 10.2. The molecule has 0 amide bonds. The first-order valence-corrected chi connectivity index (χ1v) is 5.40. The number of phenols is 1. The number of carbonyl (C=O) groups is 1. The van der Waals surface area contributed by atoms with Gasteiger partial charge in [-0.15, -0.1) is 0 Å². The molecule has 5 heteroatoms. The molecular formula is C12H14N2O3. The molecule has 5 nitrogen and oxygen atoms in total. The molecule has 1 heterocycles. The molecule has 0 radical (unpaired) electrons. The van der Waals surface area contributed by atoms with Crippen molar-refractivity contribution < 1.29 is 15.0 Å². The largest absolute Gasteiger partial charge is 0.506 e. The van der Waals surface area contributed by atoms with Crippen LogP contribution in [0.4, 0.5) is 0 Å². The molecule has 2 N–H and O–H groups in total. The molecule has 2 aromatic rings. The number of benzene rings is 1. The monoisotopic (exact) mass is 234 g/mol. The van der Waals surface area contributed by atoms with Crippen molar-refractivity contribution in [3.8, 4) is 5.75 Å². The van der Waals surface area contributed by atoms with Crippen LogP contribution in [0.25, 0.3) is 11.0 Å². The molecule has 0 aliphatic heterocycles. The van der Waals surface area contributed by atoms with Crippen molar-refractivity contribution in [2.45, 2.75) is 26.3 Å². The van der Waals surface area contributed by atoms with Crippen molar-refractivity contribution in [2.24, 2.45) is 0 Å². The number of hydrogen-bond donors (Lipinski definition) is 2. The van der Waals surface area contributed by atoms with Gasteiger partial charge >= 0.3 is 5.97 Å². The Morgan fingerprint density at radius 2 is 2.18 bits per heavy atom. The van der Waals surface area contributed by atoms with Crippen LogP contribution in [0, 0.1) is 0 Å². The molecule has 17 heavy (non-hydrogen) atoms. The third kappa shape index (κ3) is 1.95.